The van der Waals surface area contributed by atoms with E-state index in [0.29, 0.717) is 17.2 Å². The monoisotopic (exact) mass is 347 g/mol. The lowest BCUT2D eigenvalue weighted by atomic mass is 10.2. The molecule has 3 aromatic heterocycles. The van der Waals surface area contributed by atoms with E-state index < -0.39 is 0 Å². The molecule has 3 heterocycles. The molecule has 6 nitrogen and oxygen atoms in total. The summed E-state index contributed by atoms with van der Waals surface area (Å²) >= 11 is 0. The van der Waals surface area contributed by atoms with Crippen molar-refractivity contribution in [3.8, 4) is 11.6 Å². The van der Waals surface area contributed by atoms with E-state index in [1.807, 2.05) is 42.5 Å². The number of fused-ring (bicyclic) bond motifs is 2. The van der Waals surface area contributed by atoms with E-state index in [1.54, 1.807) is 6.20 Å². The van der Waals surface area contributed by atoms with Crippen molar-refractivity contribution in [1.82, 2.24) is 19.9 Å². The van der Waals surface area contributed by atoms with Crippen LogP contribution in [0.5, 0.6) is 0 Å². The van der Waals surface area contributed by atoms with Gasteiger partial charge in [0.1, 0.15) is 11.4 Å². The summed E-state index contributed by atoms with van der Waals surface area (Å²) in [6, 6.07) is 13.8. The van der Waals surface area contributed by atoms with Gasteiger partial charge < -0.3 is 14.6 Å². The van der Waals surface area contributed by atoms with Gasteiger partial charge in [-0.2, -0.15) is 0 Å². The van der Waals surface area contributed by atoms with Gasteiger partial charge >= 0.3 is 0 Å². The van der Waals surface area contributed by atoms with Crippen molar-refractivity contribution in [3.05, 3.63) is 48.7 Å². The summed E-state index contributed by atoms with van der Waals surface area (Å²) in [5.41, 5.74) is 1.49. The van der Waals surface area contributed by atoms with Crippen molar-refractivity contribution < 1.29 is 4.42 Å². The number of hydrogen-bond donors (Lipinski definition) is 1. The summed E-state index contributed by atoms with van der Waals surface area (Å²) in [4.78, 5) is 15.9. The Bertz CT molecular complexity index is 1010. The van der Waals surface area contributed by atoms with Crippen LogP contribution in [0.1, 0.15) is 6.42 Å². The Morgan fingerprint density at radius 2 is 1.96 bits per heavy atom. The van der Waals surface area contributed by atoms with E-state index in [1.165, 1.54) is 0 Å². The maximum Gasteiger partial charge on any atom is 0.199 e. The minimum absolute atomic E-state index is 0.544. The average molecular weight is 347 g/mol. The Hall–Kier alpha value is -2.99. The molecule has 0 saturated heterocycles. The summed E-state index contributed by atoms with van der Waals surface area (Å²) in [5, 5.41) is 5.38. The number of aromatic nitrogens is 3. The number of hydrogen-bond acceptors (Lipinski definition) is 6. The molecule has 0 bridgehead atoms. The quantitative estimate of drug-likeness (QED) is 0.535. The molecular weight excluding hydrogens is 326 g/mol. The van der Waals surface area contributed by atoms with Gasteiger partial charge in [-0.15, -0.1) is 0 Å². The third kappa shape index (κ3) is 3.36. The number of anilines is 1. The minimum Gasteiger partial charge on any atom is -0.453 e. The molecule has 0 fully saturated rings. The highest BCUT2D eigenvalue weighted by molar-refractivity contribution is 5.88. The van der Waals surface area contributed by atoms with Gasteiger partial charge in [0.25, 0.3) is 0 Å². The zero-order valence-corrected chi connectivity index (χ0v) is 14.9. The Kier molecular flexibility index (Phi) is 4.50. The van der Waals surface area contributed by atoms with Crippen molar-refractivity contribution >= 4 is 27.8 Å². The van der Waals surface area contributed by atoms with E-state index in [9.17, 15) is 0 Å². The van der Waals surface area contributed by atoms with Crippen LogP contribution < -0.4 is 5.32 Å². The highest BCUT2D eigenvalue weighted by atomic mass is 16.3. The molecule has 0 aliphatic rings. The maximum atomic E-state index is 5.93. The molecule has 0 aliphatic carbocycles. The molecule has 0 saturated carbocycles. The molecule has 1 aromatic carbocycles. The second-order valence-electron chi connectivity index (χ2n) is 6.50. The van der Waals surface area contributed by atoms with Crippen LogP contribution in [0.4, 0.5) is 5.82 Å². The molecule has 0 spiro atoms. The van der Waals surface area contributed by atoms with Crippen LogP contribution in [0.25, 0.3) is 33.6 Å². The Balaban J connectivity index is 1.71. The van der Waals surface area contributed by atoms with Crippen LogP contribution in [0.15, 0.2) is 53.1 Å². The van der Waals surface area contributed by atoms with Crippen molar-refractivity contribution in [2.24, 2.45) is 0 Å². The third-order valence-electron chi connectivity index (χ3n) is 4.19. The van der Waals surface area contributed by atoms with Gasteiger partial charge in [-0.25, -0.2) is 15.0 Å². The molecule has 6 heteroatoms. The van der Waals surface area contributed by atoms with Crippen molar-refractivity contribution in [1.29, 1.82) is 0 Å². The molecule has 0 unspecified atom stereocenters. The second kappa shape index (κ2) is 7.09. The van der Waals surface area contributed by atoms with Crippen molar-refractivity contribution in [3.63, 3.8) is 0 Å². The first-order valence-corrected chi connectivity index (χ1v) is 8.71. The smallest absolute Gasteiger partial charge is 0.199 e. The van der Waals surface area contributed by atoms with Crippen LogP contribution in [0.2, 0.25) is 0 Å². The SMILES string of the molecule is CN(C)CCCNc1nc(-c2cc3ccccc3o2)nc2ncccc12. The lowest BCUT2D eigenvalue weighted by molar-refractivity contribution is 0.405. The fourth-order valence-corrected chi connectivity index (χ4v) is 2.90. The minimum atomic E-state index is 0.544. The molecule has 1 N–H and O–H groups in total. The summed E-state index contributed by atoms with van der Waals surface area (Å²) in [6.07, 6.45) is 2.77. The number of rotatable bonds is 6. The molecule has 4 aromatic rings. The van der Waals surface area contributed by atoms with Gasteiger partial charge in [0.2, 0.25) is 0 Å². The first-order valence-electron chi connectivity index (χ1n) is 8.71. The number of pyridine rings is 1. The lowest BCUT2D eigenvalue weighted by Crippen LogP contribution is -2.17. The van der Waals surface area contributed by atoms with Gasteiger partial charge in [0, 0.05) is 18.1 Å². The van der Waals surface area contributed by atoms with E-state index >= 15 is 0 Å². The fourth-order valence-electron chi connectivity index (χ4n) is 2.90. The highest BCUT2D eigenvalue weighted by Crippen LogP contribution is 2.28. The zero-order chi connectivity index (χ0) is 17.9. The molecular formula is C20H21N5O. The molecule has 26 heavy (non-hydrogen) atoms. The van der Waals surface area contributed by atoms with Crippen LogP contribution in [0, 0.1) is 0 Å². The van der Waals surface area contributed by atoms with Gasteiger partial charge in [0.05, 0.1) is 5.39 Å². The summed E-state index contributed by atoms with van der Waals surface area (Å²) in [7, 11) is 4.15. The van der Waals surface area contributed by atoms with E-state index in [-0.39, 0.29) is 0 Å². The number of furan rings is 1. The van der Waals surface area contributed by atoms with Crippen LogP contribution in [-0.2, 0) is 0 Å². The number of para-hydroxylation sites is 1. The Morgan fingerprint density at radius 1 is 1.08 bits per heavy atom. The number of nitrogens with one attached hydrogen (secondary N) is 1. The van der Waals surface area contributed by atoms with Crippen molar-refractivity contribution in [2.45, 2.75) is 6.42 Å². The third-order valence-corrected chi connectivity index (χ3v) is 4.19. The summed E-state index contributed by atoms with van der Waals surface area (Å²) in [5.74, 6) is 1.98. The van der Waals surface area contributed by atoms with Gasteiger partial charge in [-0.1, -0.05) is 18.2 Å². The standard InChI is InChI=1S/C20H21N5O/c1-25(2)12-6-11-22-19-15-8-5-10-21-18(15)23-20(24-19)17-13-14-7-3-4-9-16(14)26-17/h3-5,7-10,13H,6,11-12H2,1-2H3,(H,21,22,23,24). The Morgan fingerprint density at radius 3 is 2.81 bits per heavy atom. The van der Waals surface area contributed by atoms with Crippen molar-refractivity contribution in [2.75, 3.05) is 32.5 Å². The molecule has 0 radical (unpaired) electrons. The van der Waals surface area contributed by atoms with E-state index in [4.69, 9.17) is 9.40 Å². The maximum absolute atomic E-state index is 5.93. The molecule has 0 atom stereocenters. The van der Waals surface area contributed by atoms with E-state index in [2.05, 4.69) is 34.3 Å². The summed E-state index contributed by atoms with van der Waals surface area (Å²) < 4.78 is 5.93. The first kappa shape index (κ1) is 16.5. The lowest BCUT2D eigenvalue weighted by Gasteiger charge is -2.12. The number of benzene rings is 1. The van der Waals surface area contributed by atoms with E-state index in [0.717, 1.165) is 41.7 Å². The molecule has 132 valence electrons. The Labute approximate surface area is 151 Å². The second-order valence-corrected chi connectivity index (χ2v) is 6.50. The topological polar surface area (TPSA) is 67.1 Å². The highest BCUT2D eigenvalue weighted by Gasteiger charge is 2.13. The van der Waals surface area contributed by atoms with Crippen LogP contribution in [0.3, 0.4) is 0 Å². The largest absolute Gasteiger partial charge is 0.453 e. The molecule has 4 rings (SSSR count). The molecule has 0 amide bonds. The average Bonchev–Trinajstić information content (AvgIpc) is 3.09. The zero-order valence-electron chi connectivity index (χ0n) is 14.9. The van der Waals surface area contributed by atoms with Crippen LogP contribution >= 0.6 is 0 Å². The van der Waals surface area contributed by atoms with Gasteiger partial charge in [-0.05, 0) is 51.3 Å². The molecule has 0 aliphatic heterocycles. The van der Waals surface area contributed by atoms with Gasteiger partial charge in [-0.3, -0.25) is 0 Å². The first-order chi connectivity index (χ1) is 12.7. The van der Waals surface area contributed by atoms with Gasteiger partial charge in [0.15, 0.2) is 17.2 Å². The van der Waals surface area contributed by atoms with Crippen LogP contribution in [-0.4, -0.2) is 47.0 Å². The predicted octanol–water partition coefficient (Wildman–Crippen LogP) is 3.80. The normalized spacial score (nSPS) is 11.5. The number of nitrogens with zero attached hydrogens (tertiary/aromatic N) is 4. The summed E-state index contributed by atoms with van der Waals surface area (Å²) in [6.45, 7) is 1.85. The predicted molar refractivity (Wildman–Crippen MR) is 104 cm³/mol. The fraction of sp³-hybridized carbons (Fsp3) is 0.250.